The number of halogens is 2. The molecule has 2 aromatic rings. The maximum absolute atomic E-state index is 6.26. The van der Waals surface area contributed by atoms with E-state index in [2.05, 4.69) is 16.0 Å². The first-order valence-corrected chi connectivity index (χ1v) is 6.96. The summed E-state index contributed by atoms with van der Waals surface area (Å²) < 4.78 is 0. The van der Waals surface area contributed by atoms with E-state index in [0.717, 1.165) is 35.5 Å². The molecule has 1 aromatic heterocycles. The molecule has 98 valence electrons. The fourth-order valence-electron chi connectivity index (χ4n) is 2.66. The minimum atomic E-state index is 0.239. The number of hydrogen-bond donors (Lipinski definition) is 1. The first-order valence-electron chi connectivity index (χ1n) is 6.20. The van der Waals surface area contributed by atoms with Gasteiger partial charge in [-0.3, -0.25) is 0 Å². The Kier molecular flexibility index (Phi) is 3.33. The summed E-state index contributed by atoms with van der Waals surface area (Å²) in [7, 11) is 0. The van der Waals surface area contributed by atoms with Crippen LogP contribution in [0.5, 0.6) is 0 Å². The largest absolute Gasteiger partial charge is 0.368 e. The van der Waals surface area contributed by atoms with Crippen molar-refractivity contribution in [2.45, 2.75) is 25.2 Å². The zero-order valence-electron chi connectivity index (χ0n) is 10.2. The van der Waals surface area contributed by atoms with Crippen LogP contribution in [0.1, 0.15) is 29.2 Å². The van der Waals surface area contributed by atoms with E-state index in [1.54, 1.807) is 0 Å². The zero-order valence-corrected chi connectivity index (χ0v) is 11.7. The third kappa shape index (κ3) is 2.40. The molecule has 1 aliphatic rings. The predicted molar refractivity (Wildman–Crippen MR) is 77.7 cm³/mol. The number of nitrogens with two attached hydrogens (primary N) is 1. The highest BCUT2D eigenvalue weighted by molar-refractivity contribution is 6.31. The van der Waals surface area contributed by atoms with Crippen LogP contribution in [0, 0.1) is 0 Å². The van der Waals surface area contributed by atoms with Crippen molar-refractivity contribution in [3.8, 4) is 0 Å². The van der Waals surface area contributed by atoms with Gasteiger partial charge >= 0.3 is 0 Å². The van der Waals surface area contributed by atoms with Crippen molar-refractivity contribution in [3.05, 3.63) is 51.3 Å². The molecule has 0 saturated heterocycles. The van der Waals surface area contributed by atoms with Crippen LogP contribution in [0.3, 0.4) is 0 Å². The predicted octanol–water partition coefficient (Wildman–Crippen LogP) is 3.64. The summed E-state index contributed by atoms with van der Waals surface area (Å²) in [5.74, 6) is 0.607. The monoisotopic (exact) mass is 293 g/mol. The summed E-state index contributed by atoms with van der Waals surface area (Å²) in [5, 5.41) is 1.30. The molecule has 1 heterocycles. The Hall–Kier alpha value is -1.32. The molecule has 3 nitrogen and oxygen atoms in total. The lowest BCUT2D eigenvalue weighted by Gasteiger charge is -2.25. The zero-order chi connectivity index (χ0) is 13.4. The van der Waals surface area contributed by atoms with Crippen molar-refractivity contribution in [2.24, 2.45) is 0 Å². The molecule has 3 rings (SSSR count). The molecule has 1 atom stereocenters. The quantitative estimate of drug-likeness (QED) is 0.817. The van der Waals surface area contributed by atoms with E-state index in [0.29, 0.717) is 11.1 Å². The molecule has 0 aliphatic heterocycles. The number of hydrogen-bond acceptors (Lipinski definition) is 3. The fraction of sp³-hybridized carbons (Fsp3) is 0.286. The molecule has 0 amide bonds. The standard InChI is InChI=1S/C14H13Cl2N3/c15-11-4-2-1-3-9(11)8-5-6-10-12(7-8)18-14(17)19-13(10)16/h1-4,8H,5-7H2,(H2,17,18,19). The fourth-order valence-corrected chi connectivity index (χ4v) is 3.24. The smallest absolute Gasteiger partial charge is 0.221 e. The SMILES string of the molecule is Nc1nc(Cl)c2c(n1)CC(c1ccccc1Cl)CC2. The Morgan fingerprint density at radius 1 is 1.16 bits per heavy atom. The van der Waals surface area contributed by atoms with E-state index < -0.39 is 0 Å². The van der Waals surface area contributed by atoms with Gasteiger partial charge in [0.25, 0.3) is 0 Å². The molecular formula is C14H13Cl2N3. The van der Waals surface area contributed by atoms with Gasteiger partial charge in [-0.15, -0.1) is 0 Å². The van der Waals surface area contributed by atoms with Gasteiger partial charge in [0.2, 0.25) is 5.95 Å². The molecule has 0 spiro atoms. The second-order valence-electron chi connectivity index (χ2n) is 4.76. The van der Waals surface area contributed by atoms with Crippen LogP contribution in [-0.4, -0.2) is 9.97 Å². The van der Waals surface area contributed by atoms with Gasteiger partial charge in [-0.1, -0.05) is 41.4 Å². The van der Waals surface area contributed by atoms with Gasteiger partial charge in [0.15, 0.2) is 0 Å². The van der Waals surface area contributed by atoms with Crippen LogP contribution < -0.4 is 5.73 Å². The third-order valence-corrected chi connectivity index (χ3v) is 4.24. The van der Waals surface area contributed by atoms with Gasteiger partial charge < -0.3 is 5.73 Å². The number of fused-ring (bicyclic) bond motifs is 1. The molecule has 0 saturated carbocycles. The molecule has 0 bridgehead atoms. The summed E-state index contributed by atoms with van der Waals surface area (Å²) >= 11 is 12.4. The first-order chi connectivity index (χ1) is 9.15. The molecular weight excluding hydrogens is 281 g/mol. The number of nitrogen functional groups attached to an aromatic ring is 1. The number of nitrogens with zero attached hydrogens (tertiary/aromatic N) is 2. The van der Waals surface area contributed by atoms with E-state index >= 15 is 0 Å². The molecule has 5 heteroatoms. The molecule has 0 fully saturated rings. The summed E-state index contributed by atoms with van der Waals surface area (Å²) in [4.78, 5) is 8.33. The van der Waals surface area contributed by atoms with Crippen molar-refractivity contribution >= 4 is 29.2 Å². The maximum atomic E-state index is 6.26. The highest BCUT2D eigenvalue weighted by atomic mass is 35.5. The first kappa shape index (κ1) is 12.7. The molecule has 1 unspecified atom stereocenters. The van der Waals surface area contributed by atoms with Gasteiger partial charge in [0.1, 0.15) is 5.15 Å². The lowest BCUT2D eigenvalue weighted by atomic mass is 9.83. The van der Waals surface area contributed by atoms with Gasteiger partial charge in [-0.2, -0.15) is 0 Å². The van der Waals surface area contributed by atoms with E-state index in [1.807, 2.05) is 18.2 Å². The summed E-state index contributed by atoms with van der Waals surface area (Å²) in [6, 6.07) is 7.95. The van der Waals surface area contributed by atoms with E-state index in [9.17, 15) is 0 Å². The number of anilines is 1. The van der Waals surface area contributed by atoms with Gasteiger partial charge in [-0.25, -0.2) is 9.97 Å². The summed E-state index contributed by atoms with van der Waals surface area (Å²) in [6.45, 7) is 0. The Bertz CT molecular complexity index is 628. The second kappa shape index (κ2) is 4.99. The van der Waals surface area contributed by atoms with Gasteiger partial charge in [0, 0.05) is 10.6 Å². The Labute approximate surface area is 121 Å². The summed E-state index contributed by atoms with van der Waals surface area (Å²) in [5.41, 5.74) is 8.81. The molecule has 2 N–H and O–H groups in total. The highest BCUT2D eigenvalue weighted by Gasteiger charge is 2.25. The number of rotatable bonds is 1. The Morgan fingerprint density at radius 3 is 2.74 bits per heavy atom. The minimum Gasteiger partial charge on any atom is -0.368 e. The van der Waals surface area contributed by atoms with Crippen LogP contribution in [0.2, 0.25) is 10.2 Å². The van der Waals surface area contributed by atoms with E-state index in [1.165, 1.54) is 5.56 Å². The Balaban J connectivity index is 1.97. The maximum Gasteiger partial charge on any atom is 0.221 e. The van der Waals surface area contributed by atoms with Crippen LogP contribution in [-0.2, 0) is 12.8 Å². The van der Waals surface area contributed by atoms with Crippen molar-refractivity contribution in [2.75, 3.05) is 5.73 Å². The highest BCUT2D eigenvalue weighted by Crippen LogP contribution is 2.36. The lowest BCUT2D eigenvalue weighted by molar-refractivity contribution is 0.571. The third-order valence-electron chi connectivity index (χ3n) is 3.59. The number of benzene rings is 1. The van der Waals surface area contributed by atoms with Crippen LogP contribution in [0.25, 0.3) is 0 Å². The summed E-state index contributed by atoms with van der Waals surface area (Å²) in [6.07, 6.45) is 2.68. The van der Waals surface area contributed by atoms with Crippen molar-refractivity contribution in [1.29, 1.82) is 0 Å². The normalized spacial score (nSPS) is 18.1. The second-order valence-corrected chi connectivity index (χ2v) is 5.52. The van der Waals surface area contributed by atoms with Crippen molar-refractivity contribution < 1.29 is 0 Å². The van der Waals surface area contributed by atoms with Crippen molar-refractivity contribution in [1.82, 2.24) is 9.97 Å². The van der Waals surface area contributed by atoms with Crippen molar-refractivity contribution in [3.63, 3.8) is 0 Å². The average molecular weight is 294 g/mol. The van der Waals surface area contributed by atoms with Crippen LogP contribution >= 0.6 is 23.2 Å². The molecule has 1 aliphatic carbocycles. The van der Waals surface area contributed by atoms with Gasteiger partial charge in [0.05, 0.1) is 5.69 Å². The van der Waals surface area contributed by atoms with E-state index in [4.69, 9.17) is 28.9 Å². The minimum absolute atomic E-state index is 0.239. The topological polar surface area (TPSA) is 51.8 Å². The Morgan fingerprint density at radius 2 is 1.95 bits per heavy atom. The molecule has 19 heavy (non-hydrogen) atoms. The van der Waals surface area contributed by atoms with Crippen LogP contribution in [0.4, 0.5) is 5.95 Å². The van der Waals surface area contributed by atoms with E-state index in [-0.39, 0.29) is 5.95 Å². The number of aromatic nitrogens is 2. The molecule has 0 radical (unpaired) electrons. The van der Waals surface area contributed by atoms with Gasteiger partial charge in [-0.05, 0) is 36.8 Å². The molecule has 1 aromatic carbocycles. The van der Waals surface area contributed by atoms with Crippen LogP contribution in [0.15, 0.2) is 24.3 Å². The lowest BCUT2D eigenvalue weighted by Crippen LogP contribution is -2.17. The average Bonchev–Trinajstić information content (AvgIpc) is 2.38.